The predicted molar refractivity (Wildman–Crippen MR) is 76.6 cm³/mol. The number of thiazole rings is 1. The second-order valence-electron chi connectivity index (χ2n) is 4.81. The van der Waals surface area contributed by atoms with Gasteiger partial charge in [0.15, 0.2) is 5.13 Å². The second kappa shape index (κ2) is 6.50. The largest absolute Gasteiger partial charge is 0.385 e. The van der Waals surface area contributed by atoms with E-state index in [9.17, 15) is 0 Å². The lowest BCUT2D eigenvalue weighted by Crippen LogP contribution is -2.20. The third-order valence-electron chi connectivity index (χ3n) is 3.46. The summed E-state index contributed by atoms with van der Waals surface area (Å²) >= 11 is 1.85. The molecule has 0 saturated heterocycles. The molecule has 2 rings (SSSR count). The molecule has 0 bridgehead atoms. The Morgan fingerprint density at radius 2 is 2.39 bits per heavy atom. The van der Waals surface area contributed by atoms with Crippen LogP contribution in [0.25, 0.3) is 0 Å². The van der Waals surface area contributed by atoms with Crippen molar-refractivity contribution >= 4 is 16.5 Å². The van der Waals surface area contributed by atoms with Crippen LogP contribution in [0, 0.1) is 0 Å². The monoisotopic (exact) mass is 269 g/mol. The fraction of sp³-hybridized carbons (Fsp3) is 0.769. The molecule has 0 aromatic carbocycles. The molecule has 0 fully saturated rings. The van der Waals surface area contributed by atoms with Gasteiger partial charge in [0, 0.05) is 38.2 Å². The van der Waals surface area contributed by atoms with Crippen LogP contribution in [0.15, 0.2) is 0 Å². The molecule has 0 spiro atoms. The minimum absolute atomic E-state index is 0.507. The molecular weight excluding hydrogens is 246 g/mol. The second-order valence-corrected chi connectivity index (χ2v) is 5.82. The number of hydrogen-bond donors (Lipinski definition) is 1. The van der Waals surface area contributed by atoms with Gasteiger partial charge in [-0.05, 0) is 32.7 Å². The maximum Gasteiger partial charge on any atom is 0.185 e. The first-order valence-electron chi connectivity index (χ1n) is 6.63. The van der Waals surface area contributed by atoms with E-state index in [1.165, 1.54) is 23.4 Å². The van der Waals surface area contributed by atoms with Gasteiger partial charge in [-0.3, -0.25) is 0 Å². The van der Waals surface area contributed by atoms with Crippen LogP contribution < -0.4 is 10.2 Å². The molecule has 4 nitrogen and oxygen atoms in total. The highest BCUT2D eigenvalue weighted by atomic mass is 32.1. The Balaban J connectivity index is 2.04. The number of hydrogen-bond acceptors (Lipinski definition) is 5. The van der Waals surface area contributed by atoms with Crippen LogP contribution in [0.3, 0.4) is 0 Å². The van der Waals surface area contributed by atoms with E-state index in [2.05, 4.69) is 17.3 Å². The number of methoxy groups -OCH3 is 1. The maximum atomic E-state index is 5.09. The summed E-state index contributed by atoms with van der Waals surface area (Å²) in [5, 5.41) is 4.55. The van der Waals surface area contributed by atoms with Crippen LogP contribution in [-0.2, 0) is 11.2 Å². The molecule has 102 valence electrons. The van der Waals surface area contributed by atoms with E-state index in [4.69, 9.17) is 9.72 Å². The van der Waals surface area contributed by atoms with E-state index in [-0.39, 0.29) is 0 Å². The number of fused-ring (bicyclic) bond motifs is 1. The van der Waals surface area contributed by atoms with Crippen molar-refractivity contribution in [3.63, 3.8) is 0 Å². The fourth-order valence-corrected chi connectivity index (χ4v) is 3.63. The lowest BCUT2D eigenvalue weighted by atomic mass is 9.98. The summed E-state index contributed by atoms with van der Waals surface area (Å²) in [5.74, 6) is 0. The molecule has 1 N–H and O–H groups in total. The number of nitrogens with zero attached hydrogens (tertiary/aromatic N) is 2. The number of ether oxygens (including phenoxy) is 1. The third kappa shape index (κ3) is 3.02. The lowest BCUT2D eigenvalue weighted by Gasteiger charge is -2.19. The van der Waals surface area contributed by atoms with Crippen LogP contribution in [0.5, 0.6) is 0 Å². The molecule has 1 aliphatic rings. The molecule has 18 heavy (non-hydrogen) atoms. The van der Waals surface area contributed by atoms with Crippen molar-refractivity contribution in [2.24, 2.45) is 0 Å². The molecule has 0 amide bonds. The quantitative estimate of drug-likeness (QED) is 0.804. The minimum atomic E-state index is 0.507. The Hall–Kier alpha value is -0.650. The zero-order chi connectivity index (χ0) is 13.0. The highest BCUT2D eigenvalue weighted by molar-refractivity contribution is 7.15. The summed E-state index contributed by atoms with van der Waals surface area (Å²) in [6.45, 7) is 1.82. The Morgan fingerprint density at radius 1 is 1.56 bits per heavy atom. The Morgan fingerprint density at radius 3 is 3.11 bits per heavy atom. The van der Waals surface area contributed by atoms with Gasteiger partial charge in [0.25, 0.3) is 0 Å². The van der Waals surface area contributed by atoms with Crippen molar-refractivity contribution in [1.82, 2.24) is 10.3 Å². The van der Waals surface area contributed by atoms with Crippen LogP contribution in [0.1, 0.15) is 35.9 Å². The van der Waals surface area contributed by atoms with Crippen molar-refractivity contribution in [3.05, 3.63) is 10.6 Å². The normalized spacial score (nSPS) is 18.7. The first kappa shape index (κ1) is 13.8. The zero-order valence-electron chi connectivity index (χ0n) is 11.5. The summed E-state index contributed by atoms with van der Waals surface area (Å²) in [7, 11) is 5.91. The van der Waals surface area contributed by atoms with Crippen molar-refractivity contribution < 1.29 is 4.74 Å². The molecule has 1 aromatic heterocycles. The van der Waals surface area contributed by atoms with Crippen molar-refractivity contribution in [3.8, 4) is 0 Å². The Kier molecular flexibility index (Phi) is 4.97. The highest BCUT2D eigenvalue weighted by Gasteiger charge is 2.24. The van der Waals surface area contributed by atoms with Crippen LogP contribution in [-0.4, -0.2) is 39.3 Å². The topological polar surface area (TPSA) is 37.4 Å². The summed E-state index contributed by atoms with van der Waals surface area (Å²) < 4.78 is 5.09. The Labute approximate surface area is 113 Å². The van der Waals surface area contributed by atoms with Gasteiger partial charge in [-0.15, -0.1) is 0 Å². The van der Waals surface area contributed by atoms with E-state index in [0.29, 0.717) is 6.04 Å². The van der Waals surface area contributed by atoms with Gasteiger partial charge in [-0.25, -0.2) is 4.98 Å². The molecule has 5 heteroatoms. The average molecular weight is 269 g/mol. The Bertz CT molecular complexity index is 380. The van der Waals surface area contributed by atoms with E-state index in [1.807, 2.05) is 18.4 Å². The minimum Gasteiger partial charge on any atom is -0.385 e. The number of nitrogens with one attached hydrogen (secondary N) is 1. The molecule has 0 saturated carbocycles. The van der Waals surface area contributed by atoms with Crippen LogP contribution in [0.2, 0.25) is 0 Å². The third-order valence-corrected chi connectivity index (χ3v) is 4.78. The molecular formula is C13H23N3OS. The van der Waals surface area contributed by atoms with Crippen molar-refractivity contribution in [2.45, 2.75) is 31.7 Å². The standard InChI is InChI=1S/C13H23N3OS/c1-14-10-6-4-7-11-12(10)18-13(15-11)16(2)8-5-9-17-3/h10,14H,4-9H2,1-3H3. The molecule has 0 aliphatic heterocycles. The van der Waals surface area contributed by atoms with Crippen molar-refractivity contribution in [1.29, 1.82) is 0 Å². The maximum absolute atomic E-state index is 5.09. The first-order chi connectivity index (χ1) is 8.76. The van der Waals surface area contributed by atoms with Crippen molar-refractivity contribution in [2.75, 3.05) is 39.3 Å². The molecule has 1 unspecified atom stereocenters. The fourth-order valence-electron chi connectivity index (χ4n) is 2.39. The lowest BCUT2D eigenvalue weighted by molar-refractivity contribution is 0.196. The predicted octanol–water partition coefficient (Wildman–Crippen LogP) is 2.21. The van der Waals surface area contributed by atoms with Gasteiger partial charge in [0.2, 0.25) is 0 Å². The van der Waals surface area contributed by atoms with Gasteiger partial charge >= 0.3 is 0 Å². The molecule has 1 atom stereocenters. The van der Waals surface area contributed by atoms with Gasteiger partial charge in [-0.1, -0.05) is 11.3 Å². The average Bonchev–Trinajstić information content (AvgIpc) is 2.82. The van der Waals surface area contributed by atoms with Gasteiger partial charge in [0.05, 0.1) is 5.69 Å². The van der Waals surface area contributed by atoms with E-state index >= 15 is 0 Å². The number of anilines is 1. The van der Waals surface area contributed by atoms with E-state index < -0.39 is 0 Å². The highest BCUT2D eigenvalue weighted by Crippen LogP contribution is 2.37. The van der Waals surface area contributed by atoms with E-state index in [0.717, 1.165) is 31.1 Å². The van der Waals surface area contributed by atoms with Gasteiger partial charge in [-0.2, -0.15) is 0 Å². The molecule has 1 heterocycles. The number of aryl methyl sites for hydroxylation is 1. The summed E-state index contributed by atoms with van der Waals surface area (Å²) in [5.41, 5.74) is 1.30. The van der Waals surface area contributed by atoms with Crippen LogP contribution in [0.4, 0.5) is 5.13 Å². The SMILES string of the molecule is CNC1CCCc2nc(N(C)CCCOC)sc21. The van der Waals surface area contributed by atoms with Crippen LogP contribution >= 0.6 is 11.3 Å². The van der Waals surface area contributed by atoms with E-state index in [1.54, 1.807) is 7.11 Å². The first-order valence-corrected chi connectivity index (χ1v) is 7.45. The summed E-state index contributed by atoms with van der Waals surface area (Å²) in [6, 6.07) is 0.507. The molecule has 0 radical (unpaired) electrons. The zero-order valence-corrected chi connectivity index (χ0v) is 12.3. The van der Waals surface area contributed by atoms with Gasteiger partial charge in [0.1, 0.15) is 0 Å². The number of rotatable bonds is 6. The number of aromatic nitrogens is 1. The summed E-state index contributed by atoms with van der Waals surface area (Å²) in [6.07, 6.45) is 4.66. The van der Waals surface area contributed by atoms with Gasteiger partial charge < -0.3 is 15.0 Å². The molecule has 1 aliphatic carbocycles. The molecule has 1 aromatic rings. The summed E-state index contributed by atoms with van der Waals surface area (Å²) in [4.78, 5) is 8.48. The smallest absolute Gasteiger partial charge is 0.185 e.